The first kappa shape index (κ1) is 20.5. The van der Waals surface area contributed by atoms with Gasteiger partial charge in [0.25, 0.3) is 5.91 Å². The van der Waals surface area contributed by atoms with Crippen LogP contribution >= 0.6 is 11.6 Å². The number of aromatic nitrogens is 2. The highest BCUT2D eigenvalue weighted by atomic mass is 35.5. The summed E-state index contributed by atoms with van der Waals surface area (Å²) in [5.41, 5.74) is -0.534. The number of anilines is 1. The summed E-state index contributed by atoms with van der Waals surface area (Å²) in [4.78, 5) is 12.4. The van der Waals surface area contributed by atoms with Crippen molar-refractivity contribution in [2.45, 2.75) is 6.18 Å². The summed E-state index contributed by atoms with van der Waals surface area (Å²) in [5, 5.41) is 8.71. The molecular weight excluding hydrogens is 411 g/mol. The summed E-state index contributed by atoms with van der Waals surface area (Å²) in [6, 6.07) is 9.53. The number of hydrogen-bond donors (Lipinski definition) is 2. The van der Waals surface area contributed by atoms with E-state index in [0.29, 0.717) is 22.8 Å². The number of carbonyl (C=O) groups excluding carboxylic acids is 1. The Kier molecular flexibility index (Phi) is 5.69. The van der Waals surface area contributed by atoms with Gasteiger partial charge in [0.1, 0.15) is 17.2 Å². The van der Waals surface area contributed by atoms with Gasteiger partial charge in [-0.3, -0.25) is 9.89 Å². The Morgan fingerprint density at radius 2 is 1.86 bits per heavy atom. The molecule has 152 valence electrons. The van der Waals surface area contributed by atoms with Crippen molar-refractivity contribution in [1.82, 2.24) is 10.2 Å². The van der Waals surface area contributed by atoms with Crippen LogP contribution in [-0.4, -0.2) is 30.3 Å². The number of carbonyl (C=O) groups is 1. The van der Waals surface area contributed by atoms with Gasteiger partial charge in [0.15, 0.2) is 0 Å². The number of H-pyrrole nitrogens is 1. The molecule has 0 aliphatic carbocycles. The van der Waals surface area contributed by atoms with Crippen LogP contribution in [0.25, 0.3) is 11.3 Å². The Balaban J connectivity index is 1.88. The lowest BCUT2D eigenvalue weighted by Gasteiger charge is -2.13. The monoisotopic (exact) mass is 425 g/mol. The van der Waals surface area contributed by atoms with Crippen molar-refractivity contribution in [2.24, 2.45) is 0 Å². The van der Waals surface area contributed by atoms with E-state index in [1.807, 2.05) is 0 Å². The first-order valence-corrected chi connectivity index (χ1v) is 8.56. The summed E-state index contributed by atoms with van der Waals surface area (Å²) < 4.78 is 50.0. The third-order valence-corrected chi connectivity index (χ3v) is 4.28. The van der Waals surface area contributed by atoms with Gasteiger partial charge in [-0.25, -0.2) is 0 Å². The molecule has 0 fully saturated rings. The Morgan fingerprint density at radius 3 is 2.52 bits per heavy atom. The molecule has 2 N–H and O–H groups in total. The lowest BCUT2D eigenvalue weighted by atomic mass is 10.1. The van der Waals surface area contributed by atoms with E-state index in [1.165, 1.54) is 26.4 Å². The normalized spacial score (nSPS) is 11.2. The Morgan fingerprint density at radius 1 is 1.10 bits per heavy atom. The van der Waals surface area contributed by atoms with E-state index >= 15 is 0 Å². The van der Waals surface area contributed by atoms with Crippen LogP contribution in [0.4, 0.5) is 18.9 Å². The average molecular weight is 426 g/mol. The number of halogens is 4. The third kappa shape index (κ3) is 4.45. The summed E-state index contributed by atoms with van der Waals surface area (Å²) >= 11 is 5.65. The summed E-state index contributed by atoms with van der Waals surface area (Å²) in [6.45, 7) is 0. The summed E-state index contributed by atoms with van der Waals surface area (Å²) in [5.74, 6) is 0.241. The molecule has 1 aromatic heterocycles. The van der Waals surface area contributed by atoms with Crippen molar-refractivity contribution in [1.29, 1.82) is 0 Å². The minimum absolute atomic E-state index is 0.0269. The van der Waals surface area contributed by atoms with Crippen molar-refractivity contribution < 1.29 is 27.4 Å². The number of nitrogens with one attached hydrogen (secondary N) is 2. The smallest absolute Gasteiger partial charge is 0.418 e. The van der Waals surface area contributed by atoms with Crippen LogP contribution in [-0.2, 0) is 6.18 Å². The molecule has 10 heteroatoms. The van der Waals surface area contributed by atoms with Gasteiger partial charge in [-0.15, -0.1) is 0 Å². The molecule has 1 heterocycles. The van der Waals surface area contributed by atoms with Crippen LogP contribution in [0.3, 0.4) is 0 Å². The van der Waals surface area contributed by atoms with Gasteiger partial charge in [-0.2, -0.15) is 18.3 Å². The molecule has 29 heavy (non-hydrogen) atoms. The van der Waals surface area contributed by atoms with Gasteiger partial charge in [0.05, 0.1) is 31.2 Å². The second-order valence-electron chi connectivity index (χ2n) is 5.87. The predicted molar refractivity (Wildman–Crippen MR) is 102 cm³/mol. The van der Waals surface area contributed by atoms with E-state index in [4.69, 9.17) is 21.1 Å². The average Bonchev–Trinajstić information content (AvgIpc) is 3.18. The van der Waals surface area contributed by atoms with Gasteiger partial charge in [-0.1, -0.05) is 11.6 Å². The number of hydrogen-bond acceptors (Lipinski definition) is 4. The van der Waals surface area contributed by atoms with E-state index in [0.717, 1.165) is 12.1 Å². The van der Waals surface area contributed by atoms with Crippen LogP contribution in [0, 0.1) is 0 Å². The quantitative estimate of drug-likeness (QED) is 0.602. The van der Waals surface area contributed by atoms with Crippen LogP contribution in [0.15, 0.2) is 42.5 Å². The van der Waals surface area contributed by atoms with Crippen LogP contribution < -0.4 is 14.8 Å². The molecule has 0 spiro atoms. The van der Waals surface area contributed by atoms with Crippen molar-refractivity contribution in [3.63, 3.8) is 0 Å². The molecule has 0 saturated heterocycles. The number of nitrogens with zero attached hydrogens (tertiary/aromatic N) is 1. The molecule has 0 unspecified atom stereocenters. The second kappa shape index (κ2) is 8.04. The second-order valence-corrected chi connectivity index (χ2v) is 6.31. The van der Waals surface area contributed by atoms with E-state index < -0.39 is 23.3 Å². The summed E-state index contributed by atoms with van der Waals surface area (Å²) in [6.07, 6.45) is -4.68. The minimum Gasteiger partial charge on any atom is -0.497 e. The molecule has 0 aliphatic heterocycles. The van der Waals surface area contributed by atoms with E-state index in [1.54, 1.807) is 18.2 Å². The molecule has 3 rings (SSSR count). The van der Waals surface area contributed by atoms with Crippen molar-refractivity contribution in [2.75, 3.05) is 19.5 Å². The molecule has 3 aromatic rings. The van der Waals surface area contributed by atoms with Gasteiger partial charge in [0, 0.05) is 16.7 Å². The third-order valence-electron chi connectivity index (χ3n) is 4.04. The number of benzene rings is 2. The fourth-order valence-electron chi connectivity index (χ4n) is 2.64. The van der Waals surface area contributed by atoms with Crippen LogP contribution in [0.2, 0.25) is 5.02 Å². The molecule has 0 saturated carbocycles. The maximum atomic E-state index is 13.2. The fraction of sp³-hybridized carbons (Fsp3) is 0.158. The zero-order valence-corrected chi connectivity index (χ0v) is 16.0. The molecule has 0 radical (unpaired) electrons. The topological polar surface area (TPSA) is 76.2 Å². The number of rotatable bonds is 5. The largest absolute Gasteiger partial charge is 0.497 e. The van der Waals surface area contributed by atoms with Gasteiger partial charge < -0.3 is 14.8 Å². The number of alkyl halides is 3. The highest BCUT2D eigenvalue weighted by Crippen LogP contribution is 2.37. The highest BCUT2D eigenvalue weighted by molar-refractivity contribution is 6.30. The maximum absolute atomic E-state index is 13.2. The van der Waals surface area contributed by atoms with E-state index in [-0.39, 0.29) is 10.7 Å². The Hall–Kier alpha value is -3.20. The molecule has 0 bridgehead atoms. The SMILES string of the molecule is COc1ccc(-c2cc(C(=O)Nc3ccc(Cl)cc3C(F)(F)F)[nH]n2)c(OC)c1. The standard InChI is InChI=1S/C19H15ClF3N3O3/c1-28-11-4-5-12(17(8-11)29-2)15-9-16(26-25-15)18(27)24-14-6-3-10(20)7-13(14)19(21,22)23/h3-9H,1-2H3,(H,24,27)(H,25,26). The molecule has 0 atom stereocenters. The van der Waals surface area contributed by atoms with Gasteiger partial charge in [0.2, 0.25) is 0 Å². The number of aromatic amines is 1. The van der Waals surface area contributed by atoms with Crippen molar-refractivity contribution in [3.8, 4) is 22.8 Å². The zero-order chi connectivity index (χ0) is 21.2. The molecular formula is C19H15ClF3N3O3. The lowest BCUT2D eigenvalue weighted by molar-refractivity contribution is -0.136. The highest BCUT2D eigenvalue weighted by Gasteiger charge is 2.34. The number of ether oxygens (including phenoxy) is 2. The number of methoxy groups -OCH3 is 2. The Labute approximate surface area is 168 Å². The van der Waals surface area contributed by atoms with Gasteiger partial charge in [-0.05, 0) is 36.4 Å². The number of amides is 1. The van der Waals surface area contributed by atoms with E-state index in [2.05, 4.69) is 15.5 Å². The lowest BCUT2D eigenvalue weighted by Crippen LogP contribution is -2.17. The first-order chi connectivity index (χ1) is 13.7. The Bertz CT molecular complexity index is 1050. The summed E-state index contributed by atoms with van der Waals surface area (Å²) in [7, 11) is 2.98. The zero-order valence-electron chi connectivity index (χ0n) is 15.2. The molecule has 0 aliphatic rings. The van der Waals surface area contributed by atoms with Gasteiger partial charge >= 0.3 is 6.18 Å². The predicted octanol–water partition coefficient (Wildman–Crippen LogP) is 5.02. The first-order valence-electron chi connectivity index (χ1n) is 8.19. The molecule has 2 aromatic carbocycles. The van der Waals surface area contributed by atoms with E-state index in [9.17, 15) is 18.0 Å². The van der Waals surface area contributed by atoms with Crippen LogP contribution in [0.5, 0.6) is 11.5 Å². The molecule has 6 nitrogen and oxygen atoms in total. The minimum atomic E-state index is -4.68. The van der Waals surface area contributed by atoms with Crippen molar-refractivity contribution >= 4 is 23.2 Å². The maximum Gasteiger partial charge on any atom is 0.418 e. The molecule has 1 amide bonds. The van der Waals surface area contributed by atoms with Crippen LogP contribution in [0.1, 0.15) is 16.1 Å². The fourth-order valence-corrected chi connectivity index (χ4v) is 2.81. The van der Waals surface area contributed by atoms with Crippen molar-refractivity contribution in [3.05, 3.63) is 58.7 Å².